The van der Waals surface area contributed by atoms with Crippen molar-refractivity contribution in [2.24, 2.45) is 0 Å². The molecule has 0 aromatic rings. The Morgan fingerprint density at radius 2 is 0.867 bits per heavy atom. The molecule has 0 amide bonds. The van der Waals surface area contributed by atoms with Gasteiger partial charge < -0.3 is 0 Å². The zero-order chi connectivity index (χ0) is 12.8. The Hall–Kier alpha value is 0.863. The van der Waals surface area contributed by atoms with E-state index in [-0.39, 0.29) is 0 Å². The third-order valence-corrected chi connectivity index (χ3v) is 20.6. The molecule has 0 unspecified atom stereocenters. The number of nitrogens with one attached hydrogen (secondary N) is 2. The number of hydrogen-bond donors (Lipinski definition) is 2. The van der Waals surface area contributed by atoms with E-state index in [1.807, 2.05) is 0 Å². The summed E-state index contributed by atoms with van der Waals surface area (Å²) in [5.41, 5.74) is 0. The van der Waals surface area contributed by atoms with Gasteiger partial charge in [-0.25, -0.2) is 0 Å². The molecule has 0 radical (unpaired) electrons. The molecule has 0 heterocycles. The predicted molar refractivity (Wildman–Crippen MR) is 63.1 cm³/mol. The molecule has 0 bridgehead atoms. The Morgan fingerprint density at radius 1 is 0.667 bits per heavy atom. The van der Waals surface area contributed by atoms with E-state index in [1.54, 1.807) is 0 Å². The van der Waals surface area contributed by atoms with Crippen molar-refractivity contribution in [3.63, 3.8) is 0 Å². The maximum atomic E-state index is 13.5. The second-order valence-corrected chi connectivity index (χ2v) is 24.8. The van der Waals surface area contributed by atoms with Crippen LogP contribution in [0.3, 0.4) is 0 Å². The first-order valence-electron chi connectivity index (χ1n) is 4.53. The van der Waals surface area contributed by atoms with E-state index < -0.39 is 34.7 Å². The van der Waals surface area contributed by atoms with Gasteiger partial charge in [-0.15, -0.1) is 0 Å². The fourth-order valence-electron chi connectivity index (χ4n) is 1.26. The van der Waals surface area contributed by atoms with Crippen LogP contribution in [0.5, 0.6) is 0 Å². The second kappa shape index (κ2) is 3.20. The van der Waals surface area contributed by atoms with Crippen LogP contribution >= 0.6 is 0 Å². The molecule has 0 spiro atoms. The van der Waals surface area contributed by atoms with Crippen LogP contribution in [0, 0.1) is 0 Å². The number of rotatable bonds is 4. The molecule has 15 heavy (non-hydrogen) atoms. The van der Waals surface area contributed by atoms with Crippen molar-refractivity contribution in [1.29, 1.82) is 0 Å². The normalized spacial score (nSPS) is 19.6. The molecule has 0 saturated carbocycles. The van der Waals surface area contributed by atoms with Crippen molar-refractivity contribution >= 4 is 34.7 Å². The van der Waals surface area contributed by atoms with Crippen molar-refractivity contribution in [3.05, 3.63) is 0 Å². The summed E-state index contributed by atoms with van der Waals surface area (Å²) in [5, 5.41) is 0. The van der Waals surface area contributed by atoms with Gasteiger partial charge in [-0.2, -0.15) is 0 Å². The van der Waals surface area contributed by atoms with Crippen LogP contribution in [-0.2, 0) is 0 Å². The van der Waals surface area contributed by atoms with E-state index in [2.05, 4.69) is 0 Å². The first-order valence-corrected chi connectivity index (χ1v) is 17.4. The van der Waals surface area contributed by atoms with Crippen molar-refractivity contribution < 1.29 is 11.6 Å². The Balaban J connectivity index is 5.17. The molecule has 0 rings (SSSR count). The molecule has 0 atom stereocenters. The molecule has 0 saturated heterocycles. The van der Waals surface area contributed by atoms with Crippen molar-refractivity contribution in [3.8, 4) is 0 Å². The molecule has 9 heteroatoms. The summed E-state index contributed by atoms with van der Waals surface area (Å²) in [5.74, 6) is 0. The van der Waals surface area contributed by atoms with Gasteiger partial charge in [-0.05, 0) is 0 Å². The van der Waals surface area contributed by atoms with Crippen LogP contribution < -0.4 is 6.47 Å². The molecule has 2 N–H and O–H groups in total. The van der Waals surface area contributed by atoms with Gasteiger partial charge in [0.15, 0.2) is 0 Å². The van der Waals surface area contributed by atoms with E-state index >= 15 is 0 Å². The quantitative estimate of drug-likeness (QED) is 0.579. The molecule has 0 aliphatic carbocycles. The molecule has 0 aliphatic rings. The maximum absolute atomic E-state index is 13.5. The fraction of sp³-hybridized carbons (Fsp3) is 1.00. The van der Waals surface area contributed by atoms with E-state index in [9.17, 15) is 11.6 Å². The van der Waals surface area contributed by atoms with Crippen molar-refractivity contribution in [2.75, 3.05) is 0 Å². The van der Waals surface area contributed by atoms with Gasteiger partial charge in [0.2, 0.25) is 0 Å². The zero-order valence-corrected chi connectivity index (χ0v) is 14.3. The first-order chi connectivity index (χ1) is 5.92. The average Bonchev–Trinajstić information content (AvgIpc) is 1.36. The zero-order valence-electron chi connectivity index (χ0n) is 9.92. The van der Waals surface area contributed by atoms with Crippen LogP contribution in [0.25, 0.3) is 0 Å². The Bertz CT molecular complexity index is 240. The fourth-order valence-corrected chi connectivity index (χ4v) is 26.3. The topological polar surface area (TPSA) is 24.1 Å². The summed E-state index contributed by atoms with van der Waals surface area (Å²) in [6.45, 7) is 8.59. The Morgan fingerprint density at radius 3 is 1.00 bits per heavy atom. The van der Waals surface area contributed by atoms with Gasteiger partial charge in [-0.1, -0.05) is 0 Å². The predicted octanol–water partition coefficient (Wildman–Crippen LogP) is 3.05. The van der Waals surface area contributed by atoms with E-state index in [0.717, 1.165) is 0 Å². The minimum absolute atomic E-state index is 1.39. The van der Waals surface area contributed by atoms with Crippen LogP contribution in [-0.4, -0.2) is 34.7 Å². The van der Waals surface area contributed by atoms with Gasteiger partial charge in [0.1, 0.15) is 0 Å². The molecule has 0 aromatic heterocycles. The third kappa shape index (κ3) is 8.65. The van der Waals surface area contributed by atoms with Crippen LogP contribution in [0.1, 0.15) is 0 Å². The second-order valence-electron chi connectivity index (χ2n) is 5.77. The Kier molecular flexibility index (Phi) is 3.39. The van der Waals surface area contributed by atoms with E-state index in [0.29, 0.717) is 0 Å². The number of hydrogen-bond acceptors (Lipinski definition) is 2. The van der Waals surface area contributed by atoms with Gasteiger partial charge >= 0.3 is 92.0 Å². The van der Waals surface area contributed by atoms with Crippen molar-refractivity contribution in [2.45, 2.75) is 39.3 Å². The van der Waals surface area contributed by atoms with Gasteiger partial charge in [0.25, 0.3) is 0 Å². The third-order valence-electron chi connectivity index (χ3n) is 1.02. The van der Waals surface area contributed by atoms with E-state index in [4.69, 9.17) is 0 Å². The summed E-state index contributed by atoms with van der Waals surface area (Å²) in [4.78, 5) is 0. The molecular weight excluding hydrogens is 360 g/mol. The molecule has 0 aliphatic heterocycles. The SMILES string of the molecule is C[Si](C)(C)N[Te](F)(F)(F)(F)N[Si](C)(C)C. The monoisotopic (exact) mass is 382 g/mol. The molecule has 96 valence electrons. The molecular formula is C6H20F4N2Si2Te. The minimum atomic E-state index is -9.14. The van der Waals surface area contributed by atoms with Gasteiger partial charge in [-0.3, -0.25) is 0 Å². The average molecular weight is 380 g/mol. The van der Waals surface area contributed by atoms with Crippen LogP contribution in [0.4, 0.5) is 11.6 Å². The summed E-state index contributed by atoms with van der Waals surface area (Å²) < 4.78 is 56.8. The van der Waals surface area contributed by atoms with Crippen molar-refractivity contribution in [1.82, 2.24) is 6.47 Å². The van der Waals surface area contributed by atoms with Crippen LogP contribution in [0.2, 0.25) is 39.3 Å². The van der Waals surface area contributed by atoms with E-state index in [1.165, 1.54) is 45.7 Å². The molecule has 0 aromatic carbocycles. The summed E-state index contributed by atoms with van der Waals surface area (Å²) in [7, 11) is -5.49. The summed E-state index contributed by atoms with van der Waals surface area (Å²) in [6, 6.07) is 0. The Labute approximate surface area is 91.9 Å². The first kappa shape index (κ1) is 15.9. The summed E-state index contributed by atoms with van der Waals surface area (Å²) >= 11 is -9.14. The molecule has 2 nitrogen and oxygen atoms in total. The summed E-state index contributed by atoms with van der Waals surface area (Å²) in [6.07, 6.45) is 0. The standard InChI is InChI=1S/C6H20F4N2Si2Te/c1-13(2,3)11-15(7,8,9,10)12-14(4,5)6/h11-12H,1-6H3. The molecule has 0 fully saturated rings. The number of halogens is 4. The van der Waals surface area contributed by atoms with Gasteiger partial charge in [0, 0.05) is 0 Å². The van der Waals surface area contributed by atoms with Gasteiger partial charge in [0.05, 0.1) is 0 Å². The van der Waals surface area contributed by atoms with Crippen LogP contribution in [0.15, 0.2) is 0 Å².